The van der Waals surface area contributed by atoms with Crippen LogP contribution in [0, 0.1) is 0 Å². The number of hydrogen-bond donors (Lipinski definition) is 0. The van der Waals surface area contributed by atoms with Crippen LogP contribution in [0.4, 0.5) is 0 Å². The van der Waals surface area contributed by atoms with Crippen LogP contribution < -0.4 is 9.47 Å². The van der Waals surface area contributed by atoms with Crippen molar-refractivity contribution in [2.24, 2.45) is 0 Å². The minimum atomic E-state index is -0.695. The third-order valence-electron chi connectivity index (χ3n) is 10.4. The second kappa shape index (κ2) is 23.5. The highest BCUT2D eigenvalue weighted by Gasteiger charge is 2.51. The van der Waals surface area contributed by atoms with Crippen LogP contribution in [-0.4, -0.2) is 86.7 Å². The predicted molar refractivity (Wildman–Crippen MR) is 232 cm³/mol. The van der Waals surface area contributed by atoms with E-state index in [-0.39, 0.29) is 51.2 Å². The van der Waals surface area contributed by atoms with E-state index in [1.807, 2.05) is 24.3 Å². The summed E-state index contributed by atoms with van der Waals surface area (Å²) in [5, 5.41) is 0. The van der Waals surface area contributed by atoms with Gasteiger partial charge >= 0.3 is 35.8 Å². The lowest BCUT2D eigenvalue weighted by molar-refractivity contribution is -0.138. The third-order valence-corrected chi connectivity index (χ3v) is 10.4. The molecule has 0 amide bonds. The molecule has 6 rings (SSSR count). The Morgan fingerprint density at radius 3 is 1.17 bits per heavy atom. The molecular formula is C50H50O14. The Morgan fingerprint density at radius 2 is 0.828 bits per heavy atom. The van der Waals surface area contributed by atoms with Crippen LogP contribution in [0.5, 0.6) is 11.5 Å². The van der Waals surface area contributed by atoms with Crippen molar-refractivity contribution >= 4 is 35.8 Å². The summed E-state index contributed by atoms with van der Waals surface area (Å²) in [7, 11) is 0. The van der Waals surface area contributed by atoms with E-state index < -0.39 is 48.3 Å². The van der Waals surface area contributed by atoms with E-state index in [0.29, 0.717) is 48.3 Å². The monoisotopic (exact) mass is 874 g/mol. The molecule has 64 heavy (non-hydrogen) atoms. The smallest absolute Gasteiger partial charge is 0.338 e. The van der Waals surface area contributed by atoms with E-state index in [1.165, 1.54) is 0 Å². The average Bonchev–Trinajstić information content (AvgIpc) is 3.91. The van der Waals surface area contributed by atoms with Crippen LogP contribution in [0.1, 0.15) is 72.1 Å². The Bertz CT molecular complexity index is 2090. The van der Waals surface area contributed by atoms with Crippen molar-refractivity contribution in [3.63, 3.8) is 0 Å². The molecule has 2 aliphatic heterocycles. The fourth-order valence-electron chi connectivity index (χ4n) is 7.00. The van der Waals surface area contributed by atoms with Crippen molar-refractivity contribution in [2.45, 2.75) is 75.8 Å². The molecule has 2 fully saturated rings. The minimum absolute atomic E-state index is 0.0840. The molecule has 2 unspecified atom stereocenters. The van der Waals surface area contributed by atoms with E-state index in [0.717, 1.165) is 47.2 Å². The van der Waals surface area contributed by atoms with Crippen LogP contribution in [0.2, 0.25) is 0 Å². The van der Waals surface area contributed by atoms with Gasteiger partial charge in [0.25, 0.3) is 0 Å². The Labute approximate surface area is 371 Å². The number of rotatable bonds is 22. The lowest BCUT2D eigenvalue weighted by Gasteiger charge is -2.17. The van der Waals surface area contributed by atoms with Gasteiger partial charge in [0.05, 0.1) is 37.6 Å². The largest absolute Gasteiger partial charge is 0.463 e. The first-order chi connectivity index (χ1) is 31.1. The van der Waals surface area contributed by atoms with E-state index in [2.05, 4.69) is 13.2 Å². The zero-order valence-electron chi connectivity index (χ0n) is 35.3. The molecule has 0 bridgehead atoms. The first-order valence-electron chi connectivity index (χ1n) is 21.2. The van der Waals surface area contributed by atoms with Gasteiger partial charge in [0.2, 0.25) is 0 Å². The van der Waals surface area contributed by atoms with Gasteiger partial charge in [-0.1, -0.05) is 61.7 Å². The molecule has 14 nitrogen and oxygen atoms in total. The standard InChI is InChI=1S/C50H50O14/c1-3-43(51)57-29-9-5-7-11-45(53)61-39-25-21-35(22-26-39)33-13-17-37(18-14-33)49(55)63-41-31-59-48-42(32-60-47(41)48)64-50(56)38-19-15-34(16-20-38)36-23-27-40(28-24-36)62-46(54)12-8-6-10-30-58-44(52)4-2/h3-4,13-28,41-42,47-48H,1-2,5-12,29-32H2/t41-,42-,47?,48?/m1/s1. The quantitative estimate of drug-likeness (QED) is 0.0244. The van der Waals surface area contributed by atoms with Crippen LogP contribution in [0.15, 0.2) is 122 Å². The maximum absolute atomic E-state index is 13.1. The average molecular weight is 875 g/mol. The van der Waals surface area contributed by atoms with Gasteiger partial charge in [-0.2, -0.15) is 0 Å². The normalized spacial score (nSPS) is 17.3. The van der Waals surface area contributed by atoms with Gasteiger partial charge in [0.15, 0.2) is 12.2 Å². The summed E-state index contributed by atoms with van der Waals surface area (Å²) in [5.41, 5.74) is 4.08. The summed E-state index contributed by atoms with van der Waals surface area (Å²) in [4.78, 5) is 72.9. The third kappa shape index (κ3) is 13.5. The van der Waals surface area contributed by atoms with E-state index in [4.69, 9.17) is 37.9 Å². The molecule has 2 aliphatic rings. The van der Waals surface area contributed by atoms with Crippen LogP contribution in [-0.2, 0) is 47.6 Å². The number of fused-ring (bicyclic) bond motifs is 1. The van der Waals surface area contributed by atoms with Crippen LogP contribution in [0.3, 0.4) is 0 Å². The van der Waals surface area contributed by atoms with E-state index >= 15 is 0 Å². The molecular weight excluding hydrogens is 825 g/mol. The summed E-state index contributed by atoms with van der Waals surface area (Å²) >= 11 is 0. The summed E-state index contributed by atoms with van der Waals surface area (Å²) in [5.74, 6) is -1.89. The SMILES string of the molecule is C=CC(=O)OCCCCCC(=O)Oc1ccc(-c2ccc(C(=O)O[C@@H]3COC4C3OC[C@H]4OC(=O)c3ccc(-c4ccc(OC(=O)CCCCCOC(=O)C=C)cc4)cc3)cc2)cc1. The number of unbranched alkanes of at least 4 members (excludes halogenated alkanes) is 4. The van der Waals surface area contributed by atoms with E-state index in [1.54, 1.807) is 72.8 Å². The summed E-state index contributed by atoms with van der Waals surface area (Å²) in [6, 6.07) is 27.9. The van der Waals surface area contributed by atoms with Gasteiger partial charge in [-0.25, -0.2) is 19.2 Å². The molecule has 0 N–H and O–H groups in total. The zero-order chi connectivity index (χ0) is 45.3. The minimum Gasteiger partial charge on any atom is -0.463 e. The first-order valence-corrected chi connectivity index (χ1v) is 21.2. The van der Waals surface area contributed by atoms with Gasteiger partial charge in [-0.15, -0.1) is 0 Å². The van der Waals surface area contributed by atoms with Crippen molar-refractivity contribution in [3.8, 4) is 33.8 Å². The van der Waals surface area contributed by atoms with Crippen molar-refractivity contribution < 1.29 is 66.7 Å². The Balaban J connectivity index is 0.899. The highest BCUT2D eigenvalue weighted by Crippen LogP contribution is 2.32. The van der Waals surface area contributed by atoms with Crippen molar-refractivity contribution in [2.75, 3.05) is 26.4 Å². The molecule has 14 heteroatoms. The topological polar surface area (TPSA) is 176 Å². The lowest BCUT2D eigenvalue weighted by atomic mass is 10.0. The molecule has 0 aromatic heterocycles. The van der Waals surface area contributed by atoms with E-state index in [9.17, 15) is 28.8 Å². The molecule has 2 heterocycles. The number of esters is 6. The molecule has 334 valence electrons. The second-order valence-corrected chi connectivity index (χ2v) is 15.0. The number of carbonyl (C=O) groups excluding carboxylic acids is 6. The molecule has 4 aromatic carbocycles. The van der Waals surface area contributed by atoms with Gasteiger partial charge in [0, 0.05) is 25.0 Å². The number of ether oxygens (including phenoxy) is 8. The molecule has 4 aromatic rings. The number of benzene rings is 4. The Hall–Kier alpha value is -6.90. The van der Waals surface area contributed by atoms with Gasteiger partial charge < -0.3 is 37.9 Å². The lowest BCUT2D eigenvalue weighted by Crippen LogP contribution is -2.36. The van der Waals surface area contributed by atoms with Gasteiger partial charge in [-0.3, -0.25) is 9.59 Å². The fourth-order valence-corrected chi connectivity index (χ4v) is 7.00. The summed E-state index contributed by atoms with van der Waals surface area (Å²) in [6.07, 6.45) is 4.07. The maximum atomic E-state index is 13.1. The number of carbonyl (C=O) groups is 6. The highest BCUT2D eigenvalue weighted by molar-refractivity contribution is 5.91. The molecule has 0 aliphatic carbocycles. The van der Waals surface area contributed by atoms with Crippen molar-refractivity contribution in [1.29, 1.82) is 0 Å². The van der Waals surface area contributed by atoms with Gasteiger partial charge in [-0.05, 0) is 109 Å². The molecule has 4 atom stereocenters. The fraction of sp³-hybridized carbons (Fsp3) is 0.320. The molecule has 0 saturated carbocycles. The summed E-state index contributed by atoms with van der Waals surface area (Å²) in [6.45, 7) is 7.42. The highest BCUT2D eigenvalue weighted by atomic mass is 16.7. The predicted octanol–water partition coefficient (Wildman–Crippen LogP) is 7.96. The van der Waals surface area contributed by atoms with Crippen molar-refractivity contribution in [3.05, 3.63) is 133 Å². The molecule has 0 spiro atoms. The Morgan fingerprint density at radius 1 is 0.484 bits per heavy atom. The molecule has 2 saturated heterocycles. The van der Waals surface area contributed by atoms with Crippen LogP contribution in [0.25, 0.3) is 22.3 Å². The molecule has 0 radical (unpaired) electrons. The van der Waals surface area contributed by atoms with Crippen molar-refractivity contribution in [1.82, 2.24) is 0 Å². The Kier molecular flexibility index (Phi) is 17.1. The zero-order valence-corrected chi connectivity index (χ0v) is 35.3. The second-order valence-electron chi connectivity index (χ2n) is 15.0. The van der Waals surface area contributed by atoms with Crippen LogP contribution >= 0.6 is 0 Å². The summed E-state index contributed by atoms with van der Waals surface area (Å²) < 4.78 is 44.1. The maximum Gasteiger partial charge on any atom is 0.338 e. The first kappa shape index (κ1) is 46.6. The number of hydrogen-bond acceptors (Lipinski definition) is 14. The van der Waals surface area contributed by atoms with Gasteiger partial charge in [0.1, 0.15) is 23.7 Å².